The molecule has 12 heavy (non-hydrogen) atoms. The van der Waals surface area contributed by atoms with E-state index in [0.717, 1.165) is 9.96 Å². The van der Waals surface area contributed by atoms with Gasteiger partial charge in [0.2, 0.25) is 0 Å². The zero-order valence-corrected chi connectivity index (χ0v) is 9.74. The van der Waals surface area contributed by atoms with E-state index < -0.39 is 0 Å². The van der Waals surface area contributed by atoms with Crippen molar-refractivity contribution >= 4 is 35.5 Å². The average molecular weight is 219 g/mol. The van der Waals surface area contributed by atoms with Gasteiger partial charge in [-0.1, -0.05) is 25.8 Å². The predicted octanol–water partition coefficient (Wildman–Crippen LogP) is 2.54. The van der Waals surface area contributed by atoms with E-state index in [-0.39, 0.29) is 0 Å². The Kier molecular flexibility index (Phi) is 1.62. The lowest BCUT2D eigenvalue weighted by Crippen LogP contribution is -2.15. The van der Waals surface area contributed by atoms with Crippen molar-refractivity contribution in [2.45, 2.75) is 35.0 Å². The summed E-state index contributed by atoms with van der Waals surface area (Å²) in [5, 5.41) is 0.760. The summed E-state index contributed by atoms with van der Waals surface area (Å²) in [5.41, 5.74) is 0.602. The van der Waals surface area contributed by atoms with E-state index in [2.05, 4.69) is 42.1 Å². The topological polar surface area (TPSA) is 12.0 Å². The third-order valence-electron chi connectivity index (χ3n) is 3.13. The molecule has 3 atom stereocenters. The van der Waals surface area contributed by atoms with Gasteiger partial charge in [0, 0.05) is 10.5 Å². The molecule has 0 aromatic carbocycles. The molecule has 68 valence electrons. The maximum Gasteiger partial charge on any atom is 0.0849 e. The molecule has 0 radical (unpaired) electrons. The van der Waals surface area contributed by atoms with Crippen molar-refractivity contribution in [3.8, 4) is 0 Å². The number of nitrogens with one attached hydrogen (secondary N) is 1. The van der Waals surface area contributed by atoms with Gasteiger partial charge >= 0.3 is 0 Å². The quantitative estimate of drug-likeness (QED) is 0.496. The van der Waals surface area contributed by atoms with Crippen LogP contribution in [0.1, 0.15) is 20.3 Å². The Bertz CT molecular complexity index is 230. The molecule has 1 spiro atoms. The van der Waals surface area contributed by atoms with Crippen LogP contribution in [0, 0.1) is 5.41 Å². The van der Waals surface area contributed by atoms with Crippen LogP contribution < -0.4 is 4.72 Å². The fraction of sp³-hybridized carbons (Fsp3) is 1.00. The first-order valence-corrected chi connectivity index (χ1v) is 7.14. The smallest absolute Gasteiger partial charge is 0.0849 e. The van der Waals surface area contributed by atoms with Gasteiger partial charge in [-0.15, -0.1) is 23.5 Å². The van der Waals surface area contributed by atoms with Crippen LogP contribution in [0.5, 0.6) is 0 Å². The highest BCUT2D eigenvalue weighted by Gasteiger charge is 2.65. The Morgan fingerprint density at radius 1 is 1.42 bits per heavy atom. The first-order chi connectivity index (χ1) is 5.63. The van der Waals surface area contributed by atoms with Crippen molar-refractivity contribution in [1.82, 2.24) is 4.72 Å². The molecule has 3 aliphatic rings. The molecule has 1 aliphatic carbocycles. The normalized spacial score (nSPS) is 54.5. The molecule has 0 amide bonds. The van der Waals surface area contributed by atoms with E-state index in [4.69, 9.17) is 0 Å². The van der Waals surface area contributed by atoms with Crippen molar-refractivity contribution in [2.24, 2.45) is 5.41 Å². The molecule has 0 aromatic heterocycles. The van der Waals surface area contributed by atoms with E-state index in [9.17, 15) is 0 Å². The standard InChI is InChI=1S/C8H13NS3/c1-7(2)3-8(7)4-10-9-5-6(11-5)12-8/h5-6,9H,3-4H2,1-2H3. The second-order valence-corrected chi connectivity index (χ2v) is 8.43. The van der Waals surface area contributed by atoms with Crippen molar-refractivity contribution in [3.63, 3.8) is 0 Å². The van der Waals surface area contributed by atoms with Gasteiger partial charge < -0.3 is 0 Å². The fourth-order valence-corrected chi connectivity index (χ4v) is 7.01. The minimum absolute atomic E-state index is 0.602. The van der Waals surface area contributed by atoms with Crippen LogP contribution in [-0.4, -0.2) is 20.5 Å². The third kappa shape index (κ3) is 1.08. The molecule has 2 aliphatic heterocycles. The minimum atomic E-state index is 0.602. The lowest BCUT2D eigenvalue weighted by molar-refractivity contribution is 0.611. The lowest BCUT2D eigenvalue weighted by Gasteiger charge is -2.16. The van der Waals surface area contributed by atoms with Gasteiger partial charge in [-0.25, -0.2) is 4.72 Å². The Morgan fingerprint density at radius 3 is 2.83 bits per heavy atom. The largest absolute Gasteiger partial charge is 0.249 e. The van der Waals surface area contributed by atoms with Gasteiger partial charge in [0.15, 0.2) is 0 Å². The van der Waals surface area contributed by atoms with Gasteiger partial charge in [-0.05, 0) is 11.8 Å². The fourth-order valence-electron chi connectivity index (χ4n) is 1.89. The zero-order valence-electron chi connectivity index (χ0n) is 7.29. The molecule has 2 saturated heterocycles. The Morgan fingerprint density at radius 2 is 2.17 bits per heavy atom. The van der Waals surface area contributed by atoms with Gasteiger partial charge in [-0.2, -0.15) is 0 Å². The van der Waals surface area contributed by atoms with E-state index in [1.807, 2.05) is 11.9 Å². The first-order valence-electron chi connectivity index (χ1n) is 4.34. The van der Waals surface area contributed by atoms with Crippen LogP contribution in [-0.2, 0) is 0 Å². The summed E-state index contributed by atoms with van der Waals surface area (Å²) < 4.78 is 4.99. The molecule has 4 heteroatoms. The molecule has 3 fully saturated rings. The van der Waals surface area contributed by atoms with Crippen molar-refractivity contribution in [2.75, 3.05) is 5.75 Å². The minimum Gasteiger partial charge on any atom is -0.249 e. The monoisotopic (exact) mass is 219 g/mol. The van der Waals surface area contributed by atoms with E-state index in [1.165, 1.54) is 12.2 Å². The molecular formula is C8H13NS3. The van der Waals surface area contributed by atoms with Crippen LogP contribution in [0.25, 0.3) is 0 Å². The molecule has 3 unspecified atom stereocenters. The Balaban J connectivity index is 1.79. The summed E-state index contributed by atoms with van der Waals surface area (Å²) in [6, 6.07) is 0. The van der Waals surface area contributed by atoms with Crippen LogP contribution in [0.3, 0.4) is 0 Å². The van der Waals surface area contributed by atoms with Crippen molar-refractivity contribution in [3.05, 3.63) is 0 Å². The molecule has 1 N–H and O–H groups in total. The summed E-state index contributed by atoms with van der Waals surface area (Å²) in [6.07, 6.45) is 1.42. The van der Waals surface area contributed by atoms with E-state index in [1.54, 1.807) is 0 Å². The highest BCUT2D eigenvalue weighted by atomic mass is 32.2. The average Bonchev–Trinajstić information content (AvgIpc) is 2.73. The summed E-state index contributed by atoms with van der Waals surface area (Å²) >= 11 is 6.27. The molecule has 2 heterocycles. The van der Waals surface area contributed by atoms with E-state index in [0.29, 0.717) is 10.2 Å². The molecule has 0 bridgehead atoms. The van der Waals surface area contributed by atoms with Gasteiger partial charge in [0.05, 0.1) is 9.96 Å². The number of hydrogen-bond acceptors (Lipinski definition) is 4. The second-order valence-electron chi connectivity index (χ2n) is 4.50. The second kappa shape index (κ2) is 2.33. The predicted molar refractivity (Wildman–Crippen MR) is 59.5 cm³/mol. The maximum atomic E-state index is 3.51. The lowest BCUT2D eigenvalue weighted by atomic mass is 10.1. The summed E-state index contributed by atoms with van der Waals surface area (Å²) in [7, 11) is 0. The number of thioether (sulfide) groups is 2. The van der Waals surface area contributed by atoms with Crippen LogP contribution in [0.2, 0.25) is 0 Å². The SMILES string of the molecule is CC1(C)CC12CSNC1SC1S2. The highest BCUT2D eigenvalue weighted by Crippen LogP contribution is 2.71. The maximum absolute atomic E-state index is 3.51. The molecular weight excluding hydrogens is 206 g/mol. The Labute approximate surface area is 86.3 Å². The first kappa shape index (κ1) is 8.33. The summed E-state index contributed by atoms with van der Waals surface area (Å²) in [4.78, 5) is 0. The third-order valence-corrected chi connectivity index (χ3v) is 8.02. The van der Waals surface area contributed by atoms with Crippen molar-refractivity contribution in [1.29, 1.82) is 0 Å². The van der Waals surface area contributed by atoms with Crippen LogP contribution in [0.15, 0.2) is 0 Å². The molecule has 3 rings (SSSR count). The van der Waals surface area contributed by atoms with Crippen LogP contribution in [0.4, 0.5) is 0 Å². The molecule has 0 aromatic rings. The van der Waals surface area contributed by atoms with E-state index >= 15 is 0 Å². The van der Waals surface area contributed by atoms with Gasteiger partial charge in [0.25, 0.3) is 0 Å². The number of hydrogen-bond donors (Lipinski definition) is 1. The number of fused-ring (bicyclic) bond motifs is 1. The summed E-state index contributed by atoms with van der Waals surface area (Å²) in [6.45, 7) is 4.82. The highest BCUT2D eigenvalue weighted by molar-refractivity contribution is 8.25. The summed E-state index contributed by atoms with van der Waals surface area (Å²) in [5.74, 6) is 1.30. The molecule has 1 nitrogen and oxygen atoms in total. The zero-order chi connectivity index (χ0) is 8.40. The van der Waals surface area contributed by atoms with Gasteiger partial charge in [0.1, 0.15) is 0 Å². The molecule has 1 saturated carbocycles. The number of rotatable bonds is 0. The van der Waals surface area contributed by atoms with Crippen LogP contribution >= 0.6 is 35.5 Å². The van der Waals surface area contributed by atoms with Crippen molar-refractivity contribution < 1.29 is 0 Å². The van der Waals surface area contributed by atoms with Gasteiger partial charge in [-0.3, -0.25) is 0 Å². The Hall–Kier alpha value is 1.01.